The number of carbonyl (C=O) groups is 1. The zero-order chi connectivity index (χ0) is 24.5. The summed E-state index contributed by atoms with van der Waals surface area (Å²) in [6.45, 7) is 1.69. The second-order valence-corrected chi connectivity index (χ2v) is 10.9. The summed E-state index contributed by atoms with van der Waals surface area (Å²) in [6.07, 6.45) is 2.51. The number of sulfonamides is 1. The van der Waals surface area contributed by atoms with Gasteiger partial charge in [-0.15, -0.1) is 0 Å². The van der Waals surface area contributed by atoms with Crippen LogP contribution in [0.4, 0.5) is 19.7 Å². The second-order valence-electron chi connectivity index (χ2n) is 8.16. The number of aromatic nitrogens is 2. The molecule has 1 aromatic carbocycles. The molecule has 34 heavy (non-hydrogen) atoms. The molecule has 1 aliphatic carbocycles. The lowest BCUT2D eigenvalue weighted by Gasteiger charge is -2.29. The molecule has 9 nitrogen and oxygen atoms in total. The molecule has 182 valence electrons. The standard InChI is InChI=1S/C21H23F2N5O4S2/c1-11-9-14(27-32-11)10-34(30,31)28-13-7-5-12(6-8-13)25-21-26-20(24)19(33-21)18(29)17-15(22)3-2-4-16(17)23/h2-4,9,12-13,28H,5-8,10,24H2,1H3,(H,25,26)/t12-,13-. The maximum atomic E-state index is 14.0. The highest BCUT2D eigenvalue weighted by atomic mass is 32.2. The van der Waals surface area contributed by atoms with E-state index in [1.165, 1.54) is 6.07 Å². The molecule has 0 amide bonds. The minimum atomic E-state index is -3.56. The van der Waals surface area contributed by atoms with E-state index < -0.39 is 33.0 Å². The molecular formula is C21H23F2N5O4S2. The van der Waals surface area contributed by atoms with Gasteiger partial charge < -0.3 is 15.6 Å². The van der Waals surface area contributed by atoms with Crippen LogP contribution in [0.5, 0.6) is 0 Å². The summed E-state index contributed by atoms with van der Waals surface area (Å²) in [5.74, 6) is -2.61. The summed E-state index contributed by atoms with van der Waals surface area (Å²) in [4.78, 5) is 16.7. The molecule has 0 spiro atoms. The third kappa shape index (κ3) is 5.59. The molecule has 0 bridgehead atoms. The monoisotopic (exact) mass is 511 g/mol. The fourth-order valence-electron chi connectivity index (χ4n) is 3.89. The molecular weight excluding hydrogens is 488 g/mol. The molecule has 2 heterocycles. The quantitative estimate of drug-likeness (QED) is 0.391. The van der Waals surface area contributed by atoms with E-state index in [4.69, 9.17) is 10.3 Å². The van der Waals surface area contributed by atoms with Crippen molar-refractivity contribution in [1.82, 2.24) is 14.9 Å². The topological polar surface area (TPSA) is 140 Å². The van der Waals surface area contributed by atoms with Gasteiger partial charge in [0.1, 0.15) is 39.5 Å². The lowest BCUT2D eigenvalue weighted by molar-refractivity contribution is 0.103. The first-order valence-electron chi connectivity index (χ1n) is 10.5. The van der Waals surface area contributed by atoms with Crippen LogP contribution in [0.2, 0.25) is 0 Å². The van der Waals surface area contributed by atoms with Crippen LogP contribution < -0.4 is 15.8 Å². The molecule has 13 heteroatoms. The van der Waals surface area contributed by atoms with E-state index in [1.54, 1.807) is 13.0 Å². The molecule has 0 saturated heterocycles. The summed E-state index contributed by atoms with van der Waals surface area (Å²) in [7, 11) is -3.56. The van der Waals surface area contributed by atoms with Gasteiger partial charge in [0, 0.05) is 18.2 Å². The van der Waals surface area contributed by atoms with Gasteiger partial charge in [0.2, 0.25) is 15.8 Å². The first-order chi connectivity index (χ1) is 16.1. The Labute approximate surface area is 198 Å². The first kappa shape index (κ1) is 24.2. The zero-order valence-electron chi connectivity index (χ0n) is 18.2. The Morgan fingerprint density at radius 3 is 2.47 bits per heavy atom. The van der Waals surface area contributed by atoms with Gasteiger partial charge in [-0.2, -0.15) is 0 Å². The number of hydrogen-bond donors (Lipinski definition) is 3. The molecule has 4 N–H and O–H groups in total. The largest absolute Gasteiger partial charge is 0.382 e. The van der Waals surface area contributed by atoms with Crippen molar-refractivity contribution < 1.29 is 26.5 Å². The highest BCUT2D eigenvalue weighted by Gasteiger charge is 2.28. The molecule has 1 saturated carbocycles. The van der Waals surface area contributed by atoms with Crippen LogP contribution in [0.1, 0.15) is 52.4 Å². The Morgan fingerprint density at radius 1 is 1.21 bits per heavy atom. The van der Waals surface area contributed by atoms with Crippen molar-refractivity contribution in [3.05, 3.63) is 57.8 Å². The number of rotatable bonds is 8. The Kier molecular flexibility index (Phi) is 6.96. The van der Waals surface area contributed by atoms with E-state index in [-0.39, 0.29) is 28.5 Å². The van der Waals surface area contributed by atoms with E-state index in [1.807, 2.05) is 0 Å². The van der Waals surface area contributed by atoms with Gasteiger partial charge in [-0.1, -0.05) is 22.6 Å². The second kappa shape index (κ2) is 9.76. The molecule has 4 rings (SSSR count). The third-order valence-corrected chi connectivity index (χ3v) is 7.83. The Balaban J connectivity index is 1.33. The van der Waals surface area contributed by atoms with E-state index >= 15 is 0 Å². The minimum absolute atomic E-state index is 0.0161. The predicted molar refractivity (Wildman–Crippen MR) is 123 cm³/mol. The molecule has 1 aliphatic rings. The van der Waals surface area contributed by atoms with Crippen LogP contribution >= 0.6 is 11.3 Å². The van der Waals surface area contributed by atoms with Crippen LogP contribution in [-0.2, 0) is 15.8 Å². The van der Waals surface area contributed by atoms with Crippen molar-refractivity contribution in [1.29, 1.82) is 0 Å². The number of anilines is 2. The maximum Gasteiger partial charge on any atom is 0.217 e. The summed E-state index contributed by atoms with van der Waals surface area (Å²) in [5, 5.41) is 7.27. The van der Waals surface area contributed by atoms with Crippen LogP contribution in [0, 0.1) is 18.6 Å². The van der Waals surface area contributed by atoms with E-state index in [0.717, 1.165) is 23.5 Å². The number of nitrogen functional groups attached to an aromatic ring is 1. The Morgan fingerprint density at radius 2 is 1.85 bits per heavy atom. The average Bonchev–Trinajstić information content (AvgIpc) is 3.33. The highest BCUT2D eigenvalue weighted by molar-refractivity contribution is 7.88. The van der Waals surface area contributed by atoms with E-state index in [2.05, 4.69) is 20.2 Å². The minimum Gasteiger partial charge on any atom is -0.382 e. The normalized spacial score (nSPS) is 18.7. The number of hydrogen-bond acceptors (Lipinski definition) is 9. The Hall–Kier alpha value is -2.90. The van der Waals surface area contributed by atoms with Crippen molar-refractivity contribution in [3.63, 3.8) is 0 Å². The summed E-state index contributed by atoms with van der Waals surface area (Å²) < 4.78 is 60.4. The molecule has 2 aromatic heterocycles. The van der Waals surface area contributed by atoms with Gasteiger partial charge >= 0.3 is 0 Å². The van der Waals surface area contributed by atoms with Gasteiger partial charge in [0.15, 0.2) is 5.13 Å². The number of aryl methyl sites for hydroxylation is 1. The number of carbonyl (C=O) groups excluding carboxylic acids is 1. The Bertz CT molecular complexity index is 1280. The van der Waals surface area contributed by atoms with Crippen LogP contribution in [0.25, 0.3) is 0 Å². The predicted octanol–water partition coefficient (Wildman–Crippen LogP) is 3.37. The van der Waals surface area contributed by atoms with Crippen molar-refractivity contribution in [2.75, 3.05) is 11.1 Å². The maximum absolute atomic E-state index is 14.0. The summed E-state index contributed by atoms with van der Waals surface area (Å²) >= 11 is 0.930. The number of halogens is 2. The molecule has 3 aromatic rings. The smallest absolute Gasteiger partial charge is 0.217 e. The number of nitrogens with two attached hydrogens (primary N) is 1. The lowest BCUT2D eigenvalue weighted by atomic mass is 9.92. The van der Waals surface area contributed by atoms with Crippen LogP contribution in [0.3, 0.4) is 0 Å². The fraction of sp³-hybridized carbons (Fsp3) is 0.381. The molecule has 1 fully saturated rings. The number of nitrogens with one attached hydrogen (secondary N) is 2. The lowest BCUT2D eigenvalue weighted by Crippen LogP contribution is -2.40. The van der Waals surface area contributed by atoms with Crippen molar-refractivity contribution >= 4 is 38.1 Å². The highest BCUT2D eigenvalue weighted by Crippen LogP contribution is 2.31. The van der Waals surface area contributed by atoms with Crippen LogP contribution in [0.15, 0.2) is 28.8 Å². The summed E-state index contributed by atoms with van der Waals surface area (Å²) in [6, 6.07) is 4.55. The van der Waals surface area contributed by atoms with Crippen LogP contribution in [-0.4, -0.2) is 36.4 Å². The average molecular weight is 512 g/mol. The van der Waals surface area contributed by atoms with Gasteiger partial charge in [-0.3, -0.25) is 4.79 Å². The third-order valence-electron chi connectivity index (χ3n) is 5.47. The molecule has 0 aliphatic heterocycles. The molecule has 0 unspecified atom stereocenters. The van der Waals surface area contributed by atoms with Crippen molar-refractivity contribution in [3.8, 4) is 0 Å². The SMILES string of the molecule is Cc1cc(CS(=O)(=O)N[C@H]2CC[C@H](Nc3nc(N)c(C(=O)c4c(F)cccc4F)s3)CC2)no1. The number of nitrogens with zero attached hydrogens (tertiary/aromatic N) is 2. The number of thiazole rings is 1. The van der Waals surface area contributed by atoms with Gasteiger partial charge in [0.05, 0.1) is 5.56 Å². The van der Waals surface area contributed by atoms with Crippen molar-refractivity contribution in [2.45, 2.75) is 50.4 Å². The summed E-state index contributed by atoms with van der Waals surface area (Å²) in [5.41, 5.74) is 5.53. The van der Waals surface area contributed by atoms with Crippen molar-refractivity contribution in [2.24, 2.45) is 0 Å². The van der Waals surface area contributed by atoms with Gasteiger partial charge in [-0.25, -0.2) is 26.9 Å². The number of ketones is 1. The first-order valence-corrected chi connectivity index (χ1v) is 13.0. The molecule has 0 radical (unpaired) electrons. The van der Waals surface area contributed by atoms with Gasteiger partial charge in [-0.05, 0) is 44.7 Å². The fourth-order valence-corrected chi connectivity index (χ4v) is 6.15. The van der Waals surface area contributed by atoms with E-state index in [9.17, 15) is 22.0 Å². The van der Waals surface area contributed by atoms with E-state index in [0.29, 0.717) is 42.3 Å². The molecule has 0 atom stereocenters. The zero-order valence-corrected chi connectivity index (χ0v) is 19.8. The number of benzene rings is 1. The van der Waals surface area contributed by atoms with Gasteiger partial charge in [0.25, 0.3) is 0 Å².